The highest BCUT2D eigenvalue weighted by Crippen LogP contribution is 2.24. The predicted octanol–water partition coefficient (Wildman–Crippen LogP) is 3.45. The molecule has 0 fully saturated rings. The van der Waals surface area contributed by atoms with Crippen molar-refractivity contribution in [1.82, 2.24) is 30.2 Å². The van der Waals surface area contributed by atoms with Crippen molar-refractivity contribution in [2.45, 2.75) is 6.54 Å². The number of carbonyl (C=O) groups excluding carboxylic acids is 1. The normalized spacial score (nSPS) is 11.0. The van der Waals surface area contributed by atoms with E-state index in [0.29, 0.717) is 17.9 Å². The fourth-order valence-corrected chi connectivity index (χ4v) is 3.26. The van der Waals surface area contributed by atoms with E-state index in [-0.39, 0.29) is 5.91 Å². The van der Waals surface area contributed by atoms with Gasteiger partial charge in [-0.1, -0.05) is 36.4 Å². The minimum atomic E-state index is -0.286. The molecule has 8 nitrogen and oxygen atoms in total. The van der Waals surface area contributed by atoms with Gasteiger partial charge in [0.25, 0.3) is 5.91 Å². The summed E-state index contributed by atoms with van der Waals surface area (Å²) in [5, 5.41) is 21.8. The van der Waals surface area contributed by atoms with E-state index in [1.54, 1.807) is 23.3 Å². The number of anilines is 1. The molecule has 0 atom stereocenters. The number of nitrogens with zero attached hydrogens (tertiary/aromatic N) is 4. The summed E-state index contributed by atoms with van der Waals surface area (Å²) in [6, 6.07) is 15.8. The van der Waals surface area contributed by atoms with Crippen molar-refractivity contribution in [2.75, 3.05) is 5.32 Å². The number of hydrogen-bond acceptors (Lipinski definition) is 4. The van der Waals surface area contributed by atoms with Crippen molar-refractivity contribution < 1.29 is 4.79 Å². The van der Waals surface area contributed by atoms with Gasteiger partial charge in [-0.05, 0) is 23.3 Å². The maximum absolute atomic E-state index is 12.7. The lowest BCUT2D eigenvalue weighted by molar-refractivity contribution is 0.102. The van der Waals surface area contributed by atoms with Gasteiger partial charge in [-0.25, -0.2) is 0 Å². The van der Waals surface area contributed by atoms with Crippen molar-refractivity contribution in [1.29, 1.82) is 0 Å². The Labute approximate surface area is 165 Å². The molecule has 0 saturated carbocycles. The molecule has 0 saturated heterocycles. The molecule has 5 aromatic rings. The lowest BCUT2D eigenvalue weighted by Crippen LogP contribution is -2.12. The van der Waals surface area contributed by atoms with Gasteiger partial charge in [0.2, 0.25) is 0 Å². The van der Waals surface area contributed by atoms with Crippen molar-refractivity contribution in [3.8, 4) is 11.1 Å². The van der Waals surface area contributed by atoms with Crippen LogP contribution in [0.25, 0.3) is 22.0 Å². The summed E-state index contributed by atoms with van der Waals surface area (Å²) < 4.78 is 1.78. The minimum absolute atomic E-state index is 0.286. The average molecular weight is 383 g/mol. The molecule has 0 aliphatic carbocycles. The van der Waals surface area contributed by atoms with Gasteiger partial charge in [0.05, 0.1) is 30.1 Å². The van der Waals surface area contributed by atoms with E-state index in [4.69, 9.17) is 0 Å². The van der Waals surface area contributed by atoms with Crippen LogP contribution in [0.15, 0.2) is 73.3 Å². The lowest BCUT2D eigenvalue weighted by atomic mass is 10.1. The first-order valence-corrected chi connectivity index (χ1v) is 9.11. The van der Waals surface area contributed by atoms with Crippen LogP contribution in [0.2, 0.25) is 0 Å². The zero-order chi connectivity index (χ0) is 19.6. The third kappa shape index (κ3) is 3.39. The Morgan fingerprint density at radius 1 is 1.07 bits per heavy atom. The number of benzene rings is 2. The van der Waals surface area contributed by atoms with E-state index < -0.39 is 0 Å². The quantitative estimate of drug-likeness (QED) is 0.432. The standard InChI is InChI=1S/C21H17N7O/c29-21(25-17-11-24-28(13-17)12-14-4-2-1-3-5-14)20-18-7-6-15(8-19(18)26-27-20)16-9-22-23-10-16/h1-11,13H,12H2,(H,22,23)(H,25,29)(H,26,27). The number of amides is 1. The number of fused-ring (bicyclic) bond motifs is 1. The fourth-order valence-electron chi connectivity index (χ4n) is 3.26. The van der Waals surface area contributed by atoms with Crippen LogP contribution in [0.4, 0.5) is 5.69 Å². The molecule has 0 aliphatic rings. The van der Waals surface area contributed by atoms with Gasteiger partial charge in [0, 0.05) is 23.3 Å². The lowest BCUT2D eigenvalue weighted by Gasteiger charge is -2.02. The number of aromatic nitrogens is 6. The van der Waals surface area contributed by atoms with E-state index in [1.807, 2.05) is 54.7 Å². The Morgan fingerprint density at radius 3 is 2.79 bits per heavy atom. The number of nitrogens with one attached hydrogen (secondary N) is 3. The highest BCUT2D eigenvalue weighted by Gasteiger charge is 2.16. The van der Waals surface area contributed by atoms with E-state index in [1.165, 1.54) is 0 Å². The number of rotatable bonds is 5. The van der Waals surface area contributed by atoms with Gasteiger partial charge in [-0.2, -0.15) is 15.3 Å². The van der Waals surface area contributed by atoms with Crippen LogP contribution < -0.4 is 5.32 Å². The van der Waals surface area contributed by atoms with Crippen molar-refractivity contribution >= 4 is 22.5 Å². The molecule has 3 heterocycles. The summed E-state index contributed by atoms with van der Waals surface area (Å²) in [6.07, 6.45) is 7.00. The SMILES string of the molecule is O=C(Nc1cnn(Cc2ccccc2)c1)c1n[nH]c2cc(-c3cn[nH]c3)ccc12. The first-order chi connectivity index (χ1) is 14.3. The smallest absolute Gasteiger partial charge is 0.276 e. The summed E-state index contributed by atoms with van der Waals surface area (Å²) in [7, 11) is 0. The molecule has 0 spiro atoms. The van der Waals surface area contributed by atoms with Crippen LogP contribution >= 0.6 is 0 Å². The second-order valence-electron chi connectivity index (χ2n) is 6.69. The van der Waals surface area contributed by atoms with Crippen LogP contribution in [-0.4, -0.2) is 36.1 Å². The van der Waals surface area contributed by atoms with Gasteiger partial charge in [-0.15, -0.1) is 0 Å². The molecular weight excluding hydrogens is 366 g/mol. The molecule has 0 radical (unpaired) electrons. The molecule has 1 amide bonds. The predicted molar refractivity (Wildman–Crippen MR) is 109 cm³/mol. The van der Waals surface area contributed by atoms with E-state index in [9.17, 15) is 4.79 Å². The molecule has 2 aromatic carbocycles. The first-order valence-electron chi connectivity index (χ1n) is 9.11. The molecular formula is C21H17N7O. The molecule has 8 heteroatoms. The molecule has 29 heavy (non-hydrogen) atoms. The van der Waals surface area contributed by atoms with Gasteiger partial charge in [0.15, 0.2) is 5.69 Å². The molecule has 142 valence electrons. The fraction of sp³-hybridized carbons (Fsp3) is 0.0476. The van der Waals surface area contributed by atoms with Crippen LogP contribution in [0, 0.1) is 0 Å². The molecule has 3 aromatic heterocycles. The van der Waals surface area contributed by atoms with Gasteiger partial charge >= 0.3 is 0 Å². The second-order valence-corrected chi connectivity index (χ2v) is 6.69. The van der Waals surface area contributed by atoms with Gasteiger partial charge in [0.1, 0.15) is 0 Å². The number of aromatic amines is 2. The zero-order valence-electron chi connectivity index (χ0n) is 15.3. The monoisotopic (exact) mass is 383 g/mol. The zero-order valence-corrected chi connectivity index (χ0v) is 15.3. The van der Waals surface area contributed by atoms with Crippen molar-refractivity contribution in [3.63, 3.8) is 0 Å². The van der Waals surface area contributed by atoms with Crippen LogP contribution in [0.1, 0.15) is 16.1 Å². The van der Waals surface area contributed by atoms with Crippen LogP contribution in [-0.2, 0) is 6.54 Å². The highest BCUT2D eigenvalue weighted by atomic mass is 16.2. The molecule has 0 unspecified atom stereocenters. The van der Waals surface area contributed by atoms with Gasteiger partial charge < -0.3 is 5.32 Å². The molecule has 3 N–H and O–H groups in total. The van der Waals surface area contributed by atoms with Crippen LogP contribution in [0.5, 0.6) is 0 Å². The van der Waals surface area contributed by atoms with Gasteiger partial charge in [-0.3, -0.25) is 19.7 Å². The first kappa shape index (κ1) is 16.9. The van der Waals surface area contributed by atoms with E-state index in [2.05, 4.69) is 30.8 Å². The third-order valence-electron chi connectivity index (χ3n) is 4.69. The topological polar surface area (TPSA) is 104 Å². The minimum Gasteiger partial charge on any atom is -0.318 e. The summed E-state index contributed by atoms with van der Waals surface area (Å²) >= 11 is 0. The van der Waals surface area contributed by atoms with E-state index >= 15 is 0 Å². The Bertz CT molecular complexity index is 1270. The Balaban J connectivity index is 1.34. The van der Waals surface area contributed by atoms with E-state index in [0.717, 1.165) is 27.6 Å². The highest BCUT2D eigenvalue weighted by molar-refractivity contribution is 6.11. The van der Waals surface area contributed by atoms with Crippen molar-refractivity contribution in [2.24, 2.45) is 0 Å². The maximum Gasteiger partial charge on any atom is 0.276 e. The Morgan fingerprint density at radius 2 is 1.97 bits per heavy atom. The Kier molecular flexibility index (Phi) is 4.14. The number of hydrogen-bond donors (Lipinski definition) is 3. The summed E-state index contributed by atoms with van der Waals surface area (Å²) in [6.45, 7) is 0.638. The number of H-pyrrole nitrogens is 2. The molecule has 0 bridgehead atoms. The summed E-state index contributed by atoms with van der Waals surface area (Å²) in [4.78, 5) is 12.7. The summed E-state index contributed by atoms with van der Waals surface area (Å²) in [5.74, 6) is -0.286. The Hall–Kier alpha value is -4.20. The molecule has 0 aliphatic heterocycles. The average Bonchev–Trinajstić information content (AvgIpc) is 3.49. The molecule has 5 rings (SSSR count). The van der Waals surface area contributed by atoms with Crippen molar-refractivity contribution in [3.05, 3.63) is 84.6 Å². The largest absolute Gasteiger partial charge is 0.318 e. The third-order valence-corrected chi connectivity index (χ3v) is 4.69. The maximum atomic E-state index is 12.7. The summed E-state index contributed by atoms with van der Waals surface area (Å²) in [5.41, 5.74) is 4.85. The van der Waals surface area contributed by atoms with Crippen LogP contribution in [0.3, 0.4) is 0 Å². The second kappa shape index (κ2) is 7.08. The number of carbonyl (C=O) groups is 1.